The summed E-state index contributed by atoms with van der Waals surface area (Å²) < 4.78 is 0. The minimum Gasteiger partial charge on any atom is -0.373 e. The number of hydrogen-bond acceptors (Lipinski definition) is 5. The molecule has 0 aliphatic carbocycles. The lowest BCUT2D eigenvalue weighted by atomic mass is 10.2. The molecule has 1 saturated heterocycles. The van der Waals surface area contributed by atoms with Crippen molar-refractivity contribution in [3.8, 4) is 0 Å². The van der Waals surface area contributed by atoms with Crippen LogP contribution in [0.25, 0.3) is 0 Å². The van der Waals surface area contributed by atoms with Crippen molar-refractivity contribution in [1.29, 1.82) is 0 Å². The molecule has 92 valence electrons. The van der Waals surface area contributed by atoms with Gasteiger partial charge in [0.15, 0.2) is 0 Å². The minimum absolute atomic E-state index is 0.0477. The van der Waals surface area contributed by atoms with Crippen molar-refractivity contribution in [1.82, 2.24) is 15.3 Å². The summed E-state index contributed by atoms with van der Waals surface area (Å²) in [6.45, 7) is 3.89. The Kier molecular flexibility index (Phi) is 3.41. The number of hydrogen-bond donors (Lipinski definition) is 2. The van der Waals surface area contributed by atoms with Crippen molar-refractivity contribution in [2.24, 2.45) is 0 Å². The van der Waals surface area contributed by atoms with E-state index in [9.17, 15) is 4.79 Å². The van der Waals surface area contributed by atoms with Gasteiger partial charge in [0.05, 0.1) is 6.54 Å². The topological polar surface area (TPSA) is 70.2 Å². The summed E-state index contributed by atoms with van der Waals surface area (Å²) in [5, 5.41) is 5.88. The summed E-state index contributed by atoms with van der Waals surface area (Å²) in [4.78, 5) is 21.9. The molecule has 0 aromatic carbocycles. The Balaban J connectivity index is 2.29. The molecule has 1 amide bonds. The summed E-state index contributed by atoms with van der Waals surface area (Å²) in [6.07, 6.45) is 2.46. The maximum Gasteiger partial charge on any atom is 0.239 e. The van der Waals surface area contributed by atoms with Gasteiger partial charge in [0.1, 0.15) is 18.0 Å². The molecule has 0 saturated carbocycles. The van der Waals surface area contributed by atoms with Gasteiger partial charge in [0.2, 0.25) is 5.91 Å². The van der Waals surface area contributed by atoms with Gasteiger partial charge in [-0.25, -0.2) is 9.97 Å². The maximum absolute atomic E-state index is 11.5. The van der Waals surface area contributed by atoms with Gasteiger partial charge in [-0.1, -0.05) is 0 Å². The number of nitrogens with zero attached hydrogens (tertiary/aromatic N) is 3. The van der Waals surface area contributed by atoms with E-state index in [2.05, 4.69) is 20.6 Å². The summed E-state index contributed by atoms with van der Waals surface area (Å²) in [6, 6.07) is 0. The van der Waals surface area contributed by atoms with Crippen LogP contribution in [-0.4, -0.2) is 42.6 Å². The van der Waals surface area contributed by atoms with Crippen molar-refractivity contribution in [2.45, 2.75) is 13.3 Å². The molecule has 0 atom stereocenters. The molecule has 0 radical (unpaired) electrons. The van der Waals surface area contributed by atoms with Crippen LogP contribution in [-0.2, 0) is 4.79 Å². The molecule has 1 aromatic rings. The Hall–Kier alpha value is -1.85. The average Bonchev–Trinajstić information content (AvgIpc) is 2.54. The number of rotatable bonds is 2. The molecule has 1 aliphatic heterocycles. The third-order valence-corrected chi connectivity index (χ3v) is 2.86. The first-order valence-corrected chi connectivity index (χ1v) is 5.73. The molecule has 1 aromatic heterocycles. The molecule has 2 rings (SSSR count). The van der Waals surface area contributed by atoms with Crippen LogP contribution in [0.15, 0.2) is 6.33 Å². The largest absolute Gasteiger partial charge is 0.373 e. The van der Waals surface area contributed by atoms with Crippen LogP contribution in [0.2, 0.25) is 0 Å². The molecule has 6 heteroatoms. The van der Waals surface area contributed by atoms with Crippen LogP contribution in [0.5, 0.6) is 0 Å². The zero-order chi connectivity index (χ0) is 12.3. The lowest BCUT2D eigenvalue weighted by Gasteiger charge is -2.22. The Morgan fingerprint density at radius 2 is 2.29 bits per heavy atom. The number of aromatic nitrogens is 2. The second-order valence-corrected chi connectivity index (χ2v) is 4.05. The molecule has 0 spiro atoms. The molecule has 0 unspecified atom stereocenters. The standard InChI is InChI=1S/C11H17N5O/c1-8-10(12-2)14-7-15-11(8)16-5-3-4-13-9(17)6-16/h7H,3-6H2,1-2H3,(H,13,17)(H,12,14,15). The van der Waals surface area contributed by atoms with Gasteiger partial charge >= 0.3 is 0 Å². The van der Waals surface area contributed by atoms with E-state index in [1.54, 1.807) is 0 Å². The zero-order valence-corrected chi connectivity index (χ0v) is 10.2. The lowest BCUT2D eigenvalue weighted by molar-refractivity contribution is -0.119. The molecule has 1 fully saturated rings. The summed E-state index contributed by atoms with van der Waals surface area (Å²) >= 11 is 0. The van der Waals surface area contributed by atoms with Gasteiger partial charge in [-0.3, -0.25) is 4.79 Å². The highest BCUT2D eigenvalue weighted by molar-refractivity contribution is 5.81. The van der Waals surface area contributed by atoms with E-state index in [0.29, 0.717) is 6.54 Å². The number of anilines is 2. The first kappa shape index (κ1) is 11.6. The fourth-order valence-corrected chi connectivity index (χ4v) is 2.00. The van der Waals surface area contributed by atoms with E-state index < -0.39 is 0 Å². The predicted octanol–water partition coefficient (Wildman–Crippen LogP) is 0.153. The van der Waals surface area contributed by atoms with E-state index in [4.69, 9.17) is 0 Å². The Bertz CT molecular complexity index is 420. The molecule has 6 nitrogen and oxygen atoms in total. The molecule has 0 bridgehead atoms. The van der Waals surface area contributed by atoms with Crippen molar-refractivity contribution in [3.63, 3.8) is 0 Å². The number of nitrogens with one attached hydrogen (secondary N) is 2. The fraction of sp³-hybridized carbons (Fsp3) is 0.545. The van der Waals surface area contributed by atoms with Crippen LogP contribution in [0.4, 0.5) is 11.6 Å². The van der Waals surface area contributed by atoms with E-state index in [1.807, 2.05) is 18.9 Å². The maximum atomic E-state index is 11.5. The third kappa shape index (κ3) is 2.46. The highest BCUT2D eigenvalue weighted by atomic mass is 16.2. The molecule has 1 aliphatic rings. The van der Waals surface area contributed by atoms with Gasteiger partial charge in [-0.15, -0.1) is 0 Å². The van der Waals surface area contributed by atoms with Crippen LogP contribution < -0.4 is 15.5 Å². The second kappa shape index (κ2) is 4.99. The first-order chi connectivity index (χ1) is 8.22. The number of amides is 1. The minimum atomic E-state index is 0.0477. The average molecular weight is 235 g/mol. The van der Waals surface area contributed by atoms with Crippen molar-refractivity contribution in [2.75, 3.05) is 36.9 Å². The highest BCUT2D eigenvalue weighted by Gasteiger charge is 2.18. The van der Waals surface area contributed by atoms with E-state index >= 15 is 0 Å². The summed E-state index contributed by atoms with van der Waals surface area (Å²) in [5.41, 5.74) is 0.977. The monoisotopic (exact) mass is 235 g/mol. The molecule has 2 N–H and O–H groups in total. The summed E-state index contributed by atoms with van der Waals surface area (Å²) in [7, 11) is 1.83. The Morgan fingerprint density at radius 1 is 1.47 bits per heavy atom. The number of carbonyl (C=O) groups is 1. The van der Waals surface area contributed by atoms with E-state index in [-0.39, 0.29) is 5.91 Å². The SMILES string of the molecule is CNc1ncnc(N2CCCNC(=O)C2)c1C. The normalized spacial score (nSPS) is 16.4. The fourth-order valence-electron chi connectivity index (χ4n) is 2.00. The van der Waals surface area contributed by atoms with Gasteiger partial charge in [0.25, 0.3) is 0 Å². The van der Waals surface area contributed by atoms with Crippen LogP contribution in [0, 0.1) is 6.92 Å². The van der Waals surface area contributed by atoms with Gasteiger partial charge in [-0.2, -0.15) is 0 Å². The molecule has 2 heterocycles. The third-order valence-electron chi connectivity index (χ3n) is 2.86. The Morgan fingerprint density at radius 3 is 3.06 bits per heavy atom. The van der Waals surface area contributed by atoms with Crippen molar-refractivity contribution >= 4 is 17.5 Å². The van der Waals surface area contributed by atoms with Gasteiger partial charge in [0, 0.05) is 25.7 Å². The molecular formula is C11H17N5O. The first-order valence-electron chi connectivity index (χ1n) is 5.73. The smallest absolute Gasteiger partial charge is 0.239 e. The van der Waals surface area contributed by atoms with E-state index in [0.717, 1.165) is 36.7 Å². The number of carbonyl (C=O) groups excluding carboxylic acids is 1. The zero-order valence-electron chi connectivity index (χ0n) is 10.2. The Labute approximate surface area is 100 Å². The summed E-state index contributed by atoms with van der Waals surface area (Å²) in [5.74, 6) is 1.69. The van der Waals surface area contributed by atoms with Crippen molar-refractivity contribution < 1.29 is 4.79 Å². The highest BCUT2D eigenvalue weighted by Crippen LogP contribution is 2.22. The molecule has 17 heavy (non-hydrogen) atoms. The van der Waals surface area contributed by atoms with Crippen LogP contribution in [0.3, 0.4) is 0 Å². The van der Waals surface area contributed by atoms with Gasteiger partial charge < -0.3 is 15.5 Å². The lowest BCUT2D eigenvalue weighted by Crippen LogP contribution is -2.34. The van der Waals surface area contributed by atoms with Crippen LogP contribution >= 0.6 is 0 Å². The second-order valence-electron chi connectivity index (χ2n) is 4.05. The van der Waals surface area contributed by atoms with Crippen molar-refractivity contribution in [3.05, 3.63) is 11.9 Å². The van der Waals surface area contributed by atoms with E-state index in [1.165, 1.54) is 6.33 Å². The molecular weight excluding hydrogens is 218 g/mol. The van der Waals surface area contributed by atoms with Crippen LogP contribution in [0.1, 0.15) is 12.0 Å². The quantitative estimate of drug-likeness (QED) is 0.763. The predicted molar refractivity (Wildman–Crippen MR) is 66.2 cm³/mol. The van der Waals surface area contributed by atoms with Gasteiger partial charge in [-0.05, 0) is 13.3 Å².